The van der Waals surface area contributed by atoms with Crippen LogP contribution in [0.4, 0.5) is 0 Å². The highest BCUT2D eigenvalue weighted by Gasteiger charge is 2.18. The minimum absolute atomic E-state index is 0.301. The lowest BCUT2D eigenvalue weighted by atomic mass is 10.0. The average molecular weight is 362 g/mol. The molecule has 0 bridgehead atoms. The Morgan fingerprint density at radius 1 is 1.12 bits per heavy atom. The van der Waals surface area contributed by atoms with E-state index in [1.54, 1.807) is 49.4 Å². The van der Waals surface area contributed by atoms with Gasteiger partial charge in [-0.15, -0.1) is 0 Å². The maximum atomic E-state index is 12.1. The van der Waals surface area contributed by atoms with Crippen LogP contribution in [0.3, 0.4) is 0 Å². The lowest BCUT2D eigenvalue weighted by Gasteiger charge is -2.05. The molecule has 0 aliphatic rings. The molecule has 0 amide bonds. The predicted octanol–water partition coefficient (Wildman–Crippen LogP) is 5.49. The number of halogens is 2. The molecule has 0 spiro atoms. The van der Waals surface area contributed by atoms with Crippen LogP contribution in [0.5, 0.6) is 0 Å². The molecule has 0 atom stereocenters. The number of carbonyl (C=O) groups excluding carboxylic acids is 1. The van der Waals surface area contributed by atoms with Crippen LogP contribution in [0, 0.1) is 0 Å². The zero-order valence-corrected chi connectivity index (χ0v) is 14.3. The first-order valence-electron chi connectivity index (χ1n) is 7.29. The highest BCUT2D eigenvalue weighted by atomic mass is 35.5. The molecule has 0 N–H and O–H groups in total. The van der Waals surface area contributed by atoms with E-state index < -0.39 is 5.97 Å². The molecule has 24 heavy (non-hydrogen) atoms. The summed E-state index contributed by atoms with van der Waals surface area (Å²) in [5, 5.41) is 5.06. The molecule has 0 saturated carbocycles. The lowest BCUT2D eigenvalue weighted by molar-refractivity contribution is 0.0527. The van der Waals surface area contributed by atoms with Gasteiger partial charge in [0, 0.05) is 22.2 Å². The Balaban J connectivity index is 2.01. The first kappa shape index (κ1) is 16.6. The molecular weight excluding hydrogens is 349 g/mol. The van der Waals surface area contributed by atoms with Crippen molar-refractivity contribution in [1.29, 1.82) is 0 Å². The molecule has 1 heterocycles. The average Bonchev–Trinajstić information content (AvgIpc) is 3.04. The topological polar surface area (TPSA) is 52.3 Å². The molecule has 3 rings (SSSR count). The van der Waals surface area contributed by atoms with E-state index in [4.69, 9.17) is 32.5 Å². The van der Waals surface area contributed by atoms with Crippen molar-refractivity contribution in [2.24, 2.45) is 0 Å². The van der Waals surface area contributed by atoms with Gasteiger partial charge in [0.2, 0.25) is 0 Å². The second-order valence-electron chi connectivity index (χ2n) is 4.97. The largest absolute Gasteiger partial charge is 0.462 e. The molecule has 2 aromatic carbocycles. The van der Waals surface area contributed by atoms with E-state index in [9.17, 15) is 4.79 Å². The molecular formula is C18H13Cl2NO3. The van der Waals surface area contributed by atoms with Gasteiger partial charge in [0.25, 0.3) is 0 Å². The third-order valence-electron chi connectivity index (χ3n) is 3.41. The molecule has 0 fully saturated rings. The fraction of sp³-hybridized carbons (Fsp3) is 0.111. The summed E-state index contributed by atoms with van der Waals surface area (Å²) < 4.78 is 10.5. The number of hydrogen-bond acceptors (Lipinski definition) is 4. The van der Waals surface area contributed by atoms with Crippen molar-refractivity contribution in [3.8, 4) is 22.6 Å². The van der Waals surface area contributed by atoms with Gasteiger partial charge in [0.15, 0.2) is 5.76 Å². The van der Waals surface area contributed by atoms with Crippen LogP contribution >= 0.6 is 23.2 Å². The number of ether oxygens (including phenoxy) is 1. The fourth-order valence-corrected chi connectivity index (χ4v) is 2.82. The van der Waals surface area contributed by atoms with Gasteiger partial charge in [-0.2, -0.15) is 0 Å². The van der Waals surface area contributed by atoms with Gasteiger partial charge < -0.3 is 9.26 Å². The molecule has 0 unspecified atom stereocenters. The predicted molar refractivity (Wildman–Crippen MR) is 93.4 cm³/mol. The zero-order chi connectivity index (χ0) is 17.1. The minimum atomic E-state index is -0.407. The third kappa shape index (κ3) is 3.30. The Labute approximate surface area is 148 Å². The van der Waals surface area contributed by atoms with Gasteiger partial charge in [0.05, 0.1) is 17.2 Å². The standard InChI is InChI=1S/C18H13Cl2NO3/c1-2-23-18(22)13-6-4-3-5-12(13)17-10-16(21-24-17)14-8-7-11(19)9-15(14)20/h3-10H,2H2,1H3. The normalized spacial score (nSPS) is 10.6. The summed E-state index contributed by atoms with van der Waals surface area (Å²) in [4.78, 5) is 12.1. The SMILES string of the molecule is CCOC(=O)c1ccccc1-c1cc(-c2ccc(Cl)cc2Cl)no1. The van der Waals surface area contributed by atoms with Crippen LogP contribution in [0.25, 0.3) is 22.6 Å². The summed E-state index contributed by atoms with van der Waals surface area (Å²) in [6, 6.07) is 13.9. The van der Waals surface area contributed by atoms with Crippen molar-refractivity contribution in [1.82, 2.24) is 5.16 Å². The van der Waals surface area contributed by atoms with E-state index in [1.165, 1.54) is 0 Å². The van der Waals surface area contributed by atoms with Crippen molar-refractivity contribution in [3.05, 3.63) is 64.1 Å². The summed E-state index contributed by atoms with van der Waals surface area (Å²) in [6.45, 7) is 2.06. The van der Waals surface area contributed by atoms with E-state index in [2.05, 4.69) is 5.16 Å². The second-order valence-corrected chi connectivity index (χ2v) is 5.81. The first-order chi connectivity index (χ1) is 11.6. The van der Waals surface area contributed by atoms with Gasteiger partial charge in [-0.05, 0) is 31.2 Å². The molecule has 0 aliphatic heterocycles. The second kappa shape index (κ2) is 7.07. The van der Waals surface area contributed by atoms with E-state index in [0.29, 0.717) is 44.8 Å². The van der Waals surface area contributed by atoms with E-state index in [-0.39, 0.29) is 0 Å². The van der Waals surface area contributed by atoms with Crippen LogP contribution < -0.4 is 0 Å². The quantitative estimate of drug-likeness (QED) is 0.576. The van der Waals surface area contributed by atoms with Crippen molar-refractivity contribution >= 4 is 29.2 Å². The summed E-state index contributed by atoms with van der Waals surface area (Å²) in [5.74, 6) is 0.0512. The maximum absolute atomic E-state index is 12.1. The third-order valence-corrected chi connectivity index (χ3v) is 3.95. The van der Waals surface area contributed by atoms with Crippen LogP contribution in [-0.4, -0.2) is 17.7 Å². The lowest BCUT2D eigenvalue weighted by Crippen LogP contribution is -2.06. The number of aromatic nitrogens is 1. The molecule has 1 aromatic heterocycles. The first-order valence-corrected chi connectivity index (χ1v) is 8.04. The van der Waals surface area contributed by atoms with E-state index in [0.717, 1.165) is 0 Å². The van der Waals surface area contributed by atoms with Crippen LogP contribution in [0.15, 0.2) is 53.1 Å². The monoisotopic (exact) mass is 361 g/mol. The minimum Gasteiger partial charge on any atom is -0.462 e. The Morgan fingerprint density at radius 3 is 2.67 bits per heavy atom. The Bertz CT molecular complexity index is 889. The number of benzene rings is 2. The Kier molecular flexibility index (Phi) is 4.88. The smallest absolute Gasteiger partial charge is 0.338 e. The number of esters is 1. The van der Waals surface area contributed by atoms with Gasteiger partial charge in [-0.1, -0.05) is 46.6 Å². The number of hydrogen-bond donors (Lipinski definition) is 0. The van der Waals surface area contributed by atoms with Crippen LogP contribution in [0.2, 0.25) is 10.0 Å². The summed E-state index contributed by atoms with van der Waals surface area (Å²) in [7, 11) is 0. The van der Waals surface area contributed by atoms with E-state index in [1.807, 2.05) is 6.07 Å². The zero-order valence-electron chi connectivity index (χ0n) is 12.8. The molecule has 6 heteroatoms. The van der Waals surface area contributed by atoms with Crippen molar-refractivity contribution in [2.75, 3.05) is 6.61 Å². The molecule has 0 radical (unpaired) electrons. The summed E-state index contributed by atoms with van der Waals surface area (Å²) in [6.07, 6.45) is 0. The molecule has 0 aliphatic carbocycles. The number of carbonyl (C=O) groups is 1. The van der Waals surface area contributed by atoms with Crippen LogP contribution in [-0.2, 0) is 4.74 Å². The van der Waals surface area contributed by atoms with E-state index >= 15 is 0 Å². The summed E-state index contributed by atoms with van der Waals surface area (Å²) in [5.41, 5.74) is 2.29. The Hall–Kier alpha value is -2.30. The maximum Gasteiger partial charge on any atom is 0.338 e. The van der Waals surface area contributed by atoms with Crippen molar-refractivity contribution in [3.63, 3.8) is 0 Å². The highest BCUT2D eigenvalue weighted by Crippen LogP contribution is 2.33. The van der Waals surface area contributed by atoms with Crippen LogP contribution in [0.1, 0.15) is 17.3 Å². The van der Waals surface area contributed by atoms with Crippen molar-refractivity contribution in [2.45, 2.75) is 6.92 Å². The molecule has 122 valence electrons. The van der Waals surface area contributed by atoms with Crippen molar-refractivity contribution < 1.29 is 14.1 Å². The number of nitrogens with zero attached hydrogens (tertiary/aromatic N) is 1. The molecule has 0 saturated heterocycles. The van der Waals surface area contributed by atoms with Gasteiger partial charge in [-0.3, -0.25) is 0 Å². The van der Waals surface area contributed by atoms with Gasteiger partial charge in [0.1, 0.15) is 5.69 Å². The molecule has 3 aromatic rings. The van der Waals surface area contributed by atoms with Gasteiger partial charge in [-0.25, -0.2) is 4.79 Å². The fourth-order valence-electron chi connectivity index (χ4n) is 2.31. The Morgan fingerprint density at radius 2 is 1.92 bits per heavy atom. The summed E-state index contributed by atoms with van der Waals surface area (Å²) >= 11 is 12.1. The van der Waals surface area contributed by atoms with Gasteiger partial charge >= 0.3 is 5.97 Å². The molecule has 4 nitrogen and oxygen atoms in total. The highest BCUT2D eigenvalue weighted by molar-refractivity contribution is 6.36. The number of rotatable bonds is 4.